The minimum absolute atomic E-state index is 0. The van der Waals surface area contributed by atoms with E-state index in [9.17, 15) is 0 Å². The summed E-state index contributed by atoms with van der Waals surface area (Å²) in [5, 5.41) is 0. The van der Waals surface area contributed by atoms with Crippen molar-refractivity contribution >= 4 is 31.7 Å². The minimum Gasteiger partial charge on any atom is -0.147 e. The molecule has 0 heterocycles. The fraction of sp³-hybridized carbons (Fsp3) is 0.692. The molecule has 4 heteroatoms. The van der Waals surface area contributed by atoms with E-state index in [1.165, 1.54) is 77.0 Å². The predicted octanol–water partition coefficient (Wildman–Crippen LogP) is 9.31. The van der Waals surface area contributed by atoms with E-state index in [1.807, 2.05) is 6.56 Å². The summed E-state index contributed by atoms with van der Waals surface area (Å²) in [5.41, 5.74) is 6.99. The van der Waals surface area contributed by atoms with E-state index in [0.717, 1.165) is 0 Å². The van der Waals surface area contributed by atoms with Gasteiger partial charge in [0.1, 0.15) is 0 Å². The van der Waals surface area contributed by atoms with Crippen LogP contribution in [0.15, 0.2) is 41.0 Å². The topological polar surface area (TPSA) is 0 Å². The van der Waals surface area contributed by atoms with Crippen molar-refractivity contribution in [3.8, 4) is 0 Å². The number of hydrogen-bond donors (Lipinski definition) is 0. The average molecular weight is 551 g/mol. The molecule has 2 rings (SSSR count). The molecule has 174 valence electrons. The largest absolute Gasteiger partial charge is 0.147 e. The van der Waals surface area contributed by atoms with Gasteiger partial charge >= 0.3 is 179 Å². The van der Waals surface area contributed by atoms with Crippen LogP contribution in [0.2, 0.25) is 9.26 Å². The van der Waals surface area contributed by atoms with Gasteiger partial charge in [-0.2, -0.15) is 0 Å². The summed E-state index contributed by atoms with van der Waals surface area (Å²) < 4.78 is 9.43. The van der Waals surface area contributed by atoms with Crippen molar-refractivity contribution in [1.29, 1.82) is 0 Å². The van der Waals surface area contributed by atoms with Gasteiger partial charge in [0, 0.05) is 0 Å². The third-order valence-corrected chi connectivity index (χ3v) is 24.0. The molecule has 0 bridgehead atoms. The summed E-state index contributed by atoms with van der Waals surface area (Å²) in [7, 11) is 0. The maximum Gasteiger partial charge on any atom is -0.147 e. The van der Waals surface area contributed by atoms with E-state index in [-0.39, 0.29) is 24.8 Å². The van der Waals surface area contributed by atoms with Gasteiger partial charge in [-0.15, -0.1) is 24.8 Å². The number of rotatable bonds is 12. The van der Waals surface area contributed by atoms with Gasteiger partial charge < -0.3 is 0 Å². The van der Waals surface area contributed by atoms with Gasteiger partial charge in [-0.1, -0.05) is 0 Å². The summed E-state index contributed by atoms with van der Waals surface area (Å²) >= 11 is -3.09. The molecule has 2 aliphatic rings. The van der Waals surface area contributed by atoms with Crippen molar-refractivity contribution in [3.05, 3.63) is 41.0 Å². The van der Waals surface area contributed by atoms with Crippen LogP contribution in [-0.2, 0) is 17.4 Å². The van der Waals surface area contributed by atoms with Gasteiger partial charge in [0.2, 0.25) is 0 Å². The molecule has 0 aliphatic heterocycles. The van der Waals surface area contributed by atoms with Gasteiger partial charge in [0.25, 0.3) is 0 Å². The molecular weight excluding hydrogens is 503 g/mol. The first kappa shape index (κ1) is 30.6. The maximum atomic E-state index is 2.77. The molecule has 0 saturated carbocycles. The number of halogens is 2. The van der Waals surface area contributed by atoms with Crippen molar-refractivity contribution in [2.75, 3.05) is 0 Å². The molecule has 0 amide bonds. The Kier molecular flexibility index (Phi) is 13.7. The summed E-state index contributed by atoms with van der Waals surface area (Å²) in [5.74, 6) is 0. The zero-order chi connectivity index (χ0) is 20.8. The van der Waals surface area contributed by atoms with Crippen LogP contribution < -0.4 is 0 Å². The molecule has 30 heavy (non-hydrogen) atoms. The maximum absolute atomic E-state index is 3.09. The molecule has 2 aliphatic carbocycles. The van der Waals surface area contributed by atoms with Crippen LogP contribution in [0.3, 0.4) is 0 Å². The molecule has 0 aromatic carbocycles. The van der Waals surface area contributed by atoms with Gasteiger partial charge in [-0.3, -0.25) is 0 Å². The molecule has 0 spiro atoms. The minimum atomic E-state index is -3.09. The van der Waals surface area contributed by atoms with Crippen LogP contribution in [0.25, 0.3) is 0 Å². The second-order valence-corrected chi connectivity index (χ2v) is 39.1. The Labute approximate surface area is 202 Å². The average Bonchev–Trinajstić information content (AvgIpc) is 3.24. The molecular formula is C26H48Cl2SiZr. The van der Waals surface area contributed by atoms with Crippen LogP contribution in [0.1, 0.15) is 105 Å². The van der Waals surface area contributed by atoms with E-state index in [4.69, 9.17) is 0 Å². The van der Waals surface area contributed by atoms with Crippen molar-refractivity contribution < 1.29 is 17.4 Å². The summed E-state index contributed by atoms with van der Waals surface area (Å²) in [4.78, 5) is 0. The van der Waals surface area contributed by atoms with E-state index in [2.05, 4.69) is 56.0 Å². The summed E-state index contributed by atoms with van der Waals surface area (Å²) in [6.07, 6.45) is 21.0. The molecule has 0 atom stereocenters. The van der Waals surface area contributed by atoms with E-state index in [1.54, 1.807) is 22.3 Å². The smallest absolute Gasteiger partial charge is 0.147 e. The van der Waals surface area contributed by atoms with Gasteiger partial charge in [0.15, 0.2) is 0 Å². The Morgan fingerprint density at radius 1 is 0.667 bits per heavy atom. The zero-order valence-corrected chi connectivity index (χ0v) is 26.2. The molecule has 0 aromatic heterocycles. The number of allylic oxidation sites excluding steroid dienone is 8. The number of unbranched alkanes of at least 4 members (excludes halogenated alkanes) is 2. The van der Waals surface area contributed by atoms with Crippen LogP contribution in [0.5, 0.6) is 0 Å². The first-order valence-electron chi connectivity index (χ1n) is 12.2. The Hall–Kier alpha value is 0.640. The van der Waals surface area contributed by atoms with Crippen LogP contribution in [0, 0.1) is 0 Å². The Morgan fingerprint density at radius 2 is 1.03 bits per heavy atom. The molecule has 0 radical (unpaired) electrons. The molecule has 0 fully saturated rings. The first-order valence-corrected chi connectivity index (χ1v) is 25.5. The van der Waals surface area contributed by atoms with Crippen molar-refractivity contribution in [2.24, 2.45) is 0 Å². The zero-order valence-electron chi connectivity index (χ0n) is 20.7. The fourth-order valence-corrected chi connectivity index (χ4v) is 20.3. The van der Waals surface area contributed by atoms with E-state index < -0.39 is 17.4 Å². The van der Waals surface area contributed by atoms with Gasteiger partial charge in [-0.25, -0.2) is 0 Å². The third-order valence-electron chi connectivity index (χ3n) is 7.02. The normalized spacial score (nSPS) is 17.0. The second-order valence-electron chi connectivity index (χ2n) is 10.4. The quantitative estimate of drug-likeness (QED) is 0.212. The van der Waals surface area contributed by atoms with Crippen molar-refractivity contribution in [2.45, 2.75) is 114 Å². The standard InChI is InChI=1S/2C12H19.2CH3.2ClH.H2Si.Zr/c2*1-3-5-7-12-9-8-11(10-12)6-4-2;;;;;;/h2*10H,3-7,9H2,1-2H3;2*1H3;2*1H;1H2;. The van der Waals surface area contributed by atoms with Crippen LogP contribution in [-0.4, -0.2) is 6.88 Å². The monoisotopic (exact) mass is 548 g/mol. The van der Waals surface area contributed by atoms with Crippen molar-refractivity contribution in [1.82, 2.24) is 0 Å². The Balaban J connectivity index is 0.00000420. The molecule has 0 nitrogen and oxygen atoms in total. The first-order chi connectivity index (χ1) is 13.3. The number of hydrogen-bond acceptors (Lipinski definition) is 0. The predicted molar refractivity (Wildman–Crippen MR) is 143 cm³/mol. The fourth-order valence-electron chi connectivity index (χ4n) is 5.34. The Morgan fingerprint density at radius 3 is 1.33 bits per heavy atom. The van der Waals surface area contributed by atoms with Gasteiger partial charge in [-0.05, 0) is 0 Å². The molecule has 0 saturated heterocycles. The van der Waals surface area contributed by atoms with Crippen LogP contribution >= 0.6 is 24.8 Å². The molecule has 0 aromatic rings. The summed E-state index contributed by atoms with van der Waals surface area (Å²) in [6.45, 7) is 11.9. The van der Waals surface area contributed by atoms with Gasteiger partial charge in [0.05, 0.1) is 0 Å². The van der Waals surface area contributed by atoms with Crippen molar-refractivity contribution in [3.63, 3.8) is 0 Å². The van der Waals surface area contributed by atoms with Crippen LogP contribution in [0.4, 0.5) is 0 Å². The second kappa shape index (κ2) is 13.4. The van der Waals surface area contributed by atoms with E-state index in [0.29, 0.717) is 0 Å². The third kappa shape index (κ3) is 7.33. The molecule has 0 unspecified atom stereocenters. The Bertz CT molecular complexity index is 704. The SMILES string of the molecule is CCCCC1=CC(CCC)=[C]([Zr]([CH3])([CH3])(=[SiH2])[C]2=C(CCC)C=C(CCCC)C2)C1.Cl.Cl. The molecule has 0 N–H and O–H groups in total. The summed E-state index contributed by atoms with van der Waals surface area (Å²) in [6, 6.07) is 0. The van der Waals surface area contributed by atoms with E-state index >= 15 is 0 Å².